The Bertz CT molecular complexity index is 907. The van der Waals surface area contributed by atoms with Crippen LogP contribution in [0.4, 0.5) is 0 Å². The molecule has 0 fully saturated rings. The van der Waals surface area contributed by atoms with Crippen molar-refractivity contribution in [1.29, 1.82) is 0 Å². The Labute approximate surface area is 161 Å². The van der Waals surface area contributed by atoms with Crippen molar-refractivity contribution in [2.24, 2.45) is 0 Å². The smallest absolute Gasteiger partial charge is 0.256 e. The van der Waals surface area contributed by atoms with Gasteiger partial charge in [-0.05, 0) is 50.2 Å². The van der Waals surface area contributed by atoms with Crippen LogP contribution in [-0.2, 0) is 6.54 Å². The molecule has 3 rings (SSSR count). The van der Waals surface area contributed by atoms with Crippen molar-refractivity contribution < 1.29 is 9.21 Å². The lowest BCUT2D eigenvalue weighted by molar-refractivity contribution is 0.0672. The standard InChI is InChI=1S/C19H17Cl2N3O2/c1-12(2)24(19(25)15-5-3-4-6-16(15)21)11-17-22-23-18(26-17)13-7-9-14(20)10-8-13/h3-10,12H,11H2,1-2H3. The first-order valence-electron chi connectivity index (χ1n) is 8.09. The second-order valence-corrected chi connectivity index (χ2v) is 6.86. The summed E-state index contributed by atoms with van der Waals surface area (Å²) in [5.74, 6) is 0.548. The molecule has 1 heterocycles. The fourth-order valence-corrected chi connectivity index (χ4v) is 2.79. The summed E-state index contributed by atoms with van der Waals surface area (Å²) in [5, 5.41) is 9.16. The number of carbonyl (C=O) groups excluding carboxylic acids is 1. The van der Waals surface area contributed by atoms with Gasteiger partial charge in [-0.2, -0.15) is 0 Å². The van der Waals surface area contributed by atoms with Gasteiger partial charge < -0.3 is 9.32 Å². The quantitative estimate of drug-likeness (QED) is 0.609. The Morgan fingerprint density at radius 3 is 2.42 bits per heavy atom. The number of halogens is 2. The van der Waals surface area contributed by atoms with Crippen molar-refractivity contribution in [1.82, 2.24) is 15.1 Å². The molecule has 134 valence electrons. The number of hydrogen-bond acceptors (Lipinski definition) is 4. The maximum absolute atomic E-state index is 12.9. The van der Waals surface area contributed by atoms with Crippen molar-refractivity contribution >= 4 is 29.1 Å². The molecule has 0 bridgehead atoms. The van der Waals surface area contributed by atoms with Crippen LogP contribution in [0.3, 0.4) is 0 Å². The zero-order valence-corrected chi connectivity index (χ0v) is 15.8. The fourth-order valence-electron chi connectivity index (χ4n) is 2.45. The van der Waals surface area contributed by atoms with Crippen LogP contribution in [0.25, 0.3) is 11.5 Å². The largest absolute Gasteiger partial charge is 0.419 e. The highest BCUT2D eigenvalue weighted by atomic mass is 35.5. The van der Waals surface area contributed by atoms with E-state index in [0.29, 0.717) is 27.4 Å². The van der Waals surface area contributed by atoms with Crippen LogP contribution < -0.4 is 0 Å². The van der Waals surface area contributed by atoms with Gasteiger partial charge in [-0.25, -0.2) is 0 Å². The molecule has 0 aliphatic carbocycles. The average Bonchev–Trinajstić information content (AvgIpc) is 3.08. The van der Waals surface area contributed by atoms with E-state index < -0.39 is 0 Å². The molecule has 0 saturated carbocycles. The lowest BCUT2D eigenvalue weighted by Gasteiger charge is -2.25. The maximum atomic E-state index is 12.9. The van der Waals surface area contributed by atoms with E-state index in [2.05, 4.69) is 10.2 Å². The van der Waals surface area contributed by atoms with Crippen molar-refractivity contribution in [3.05, 3.63) is 70.0 Å². The first-order chi connectivity index (χ1) is 12.5. The molecular weight excluding hydrogens is 373 g/mol. The number of carbonyl (C=O) groups is 1. The summed E-state index contributed by atoms with van der Waals surface area (Å²) < 4.78 is 5.71. The monoisotopic (exact) mass is 389 g/mol. The molecule has 5 nitrogen and oxygen atoms in total. The fraction of sp³-hybridized carbons (Fsp3) is 0.211. The number of rotatable bonds is 5. The third-order valence-corrected chi connectivity index (χ3v) is 4.43. The van der Waals surface area contributed by atoms with Crippen LogP contribution in [0.5, 0.6) is 0 Å². The summed E-state index contributed by atoms with van der Waals surface area (Å²) in [4.78, 5) is 14.5. The molecule has 0 N–H and O–H groups in total. The van der Waals surface area contributed by atoms with Crippen LogP contribution in [0.15, 0.2) is 52.9 Å². The molecule has 3 aromatic rings. The van der Waals surface area contributed by atoms with Gasteiger partial charge in [0, 0.05) is 16.6 Å². The van der Waals surface area contributed by atoms with Crippen molar-refractivity contribution in [3.63, 3.8) is 0 Å². The third-order valence-electron chi connectivity index (χ3n) is 3.85. The van der Waals surface area contributed by atoms with Crippen molar-refractivity contribution in [2.75, 3.05) is 0 Å². The van der Waals surface area contributed by atoms with E-state index in [1.807, 2.05) is 13.8 Å². The van der Waals surface area contributed by atoms with Gasteiger partial charge in [0.2, 0.25) is 11.8 Å². The van der Waals surface area contributed by atoms with Crippen LogP contribution in [0.1, 0.15) is 30.1 Å². The third kappa shape index (κ3) is 4.06. The topological polar surface area (TPSA) is 59.2 Å². The summed E-state index contributed by atoms with van der Waals surface area (Å²) in [6, 6.07) is 14.0. The van der Waals surface area contributed by atoms with Crippen LogP contribution >= 0.6 is 23.2 Å². The average molecular weight is 390 g/mol. The Morgan fingerprint density at radius 1 is 1.08 bits per heavy atom. The Balaban J connectivity index is 1.82. The van der Waals surface area contributed by atoms with E-state index in [1.165, 1.54) is 0 Å². The van der Waals surface area contributed by atoms with E-state index >= 15 is 0 Å². The molecule has 1 amide bonds. The molecule has 0 radical (unpaired) electrons. The van der Waals surface area contributed by atoms with Gasteiger partial charge in [-0.15, -0.1) is 10.2 Å². The van der Waals surface area contributed by atoms with Gasteiger partial charge in [0.15, 0.2) is 0 Å². The molecule has 7 heteroatoms. The summed E-state index contributed by atoms with van der Waals surface area (Å²) in [5.41, 5.74) is 1.21. The molecule has 0 unspecified atom stereocenters. The molecule has 0 atom stereocenters. The molecule has 0 spiro atoms. The van der Waals surface area contributed by atoms with E-state index in [0.717, 1.165) is 5.56 Å². The van der Waals surface area contributed by atoms with Gasteiger partial charge in [0.05, 0.1) is 17.1 Å². The van der Waals surface area contributed by atoms with E-state index in [1.54, 1.807) is 53.4 Å². The number of hydrogen-bond donors (Lipinski definition) is 0. The predicted octanol–water partition coefficient (Wildman–Crippen LogP) is 5.09. The van der Waals surface area contributed by atoms with E-state index in [4.69, 9.17) is 27.6 Å². The van der Waals surface area contributed by atoms with E-state index in [-0.39, 0.29) is 18.5 Å². The lowest BCUT2D eigenvalue weighted by atomic mass is 10.1. The van der Waals surface area contributed by atoms with Gasteiger partial charge in [-0.3, -0.25) is 4.79 Å². The Morgan fingerprint density at radius 2 is 1.77 bits per heavy atom. The minimum atomic E-state index is -0.183. The lowest BCUT2D eigenvalue weighted by Crippen LogP contribution is -2.36. The second-order valence-electron chi connectivity index (χ2n) is 6.01. The van der Waals surface area contributed by atoms with Crippen molar-refractivity contribution in [2.45, 2.75) is 26.4 Å². The number of benzene rings is 2. The van der Waals surface area contributed by atoms with Crippen molar-refractivity contribution in [3.8, 4) is 11.5 Å². The van der Waals surface area contributed by atoms with Gasteiger partial charge in [0.1, 0.15) is 0 Å². The first kappa shape index (κ1) is 18.4. The minimum Gasteiger partial charge on any atom is -0.419 e. The van der Waals surface area contributed by atoms with Gasteiger partial charge in [-0.1, -0.05) is 35.3 Å². The molecule has 2 aromatic carbocycles. The SMILES string of the molecule is CC(C)N(Cc1nnc(-c2ccc(Cl)cc2)o1)C(=O)c1ccccc1Cl. The van der Waals surface area contributed by atoms with Crippen LogP contribution in [0, 0.1) is 0 Å². The highest BCUT2D eigenvalue weighted by Crippen LogP contribution is 2.23. The molecule has 0 aliphatic heterocycles. The highest BCUT2D eigenvalue weighted by molar-refractivity contribution is 6.33. The zero-order chi connectivity index (χ0) is 18.7. The molecule has 0 aliphatic rings. The first-order valence-corrected chi connectivity index (χ1v) is 8.85. The Hall–Kier alpha value is -2.37. The zero-order valence-electron chi connectivity index (χ0n) is 14.3. The maximum Gasteiger partial charge on any atom is 0.256 e. The second kappa shape index (κ2) is 7.89. The molecular formula is C19H17Cl2N3O2. The summed E-state index contributed by atoms with van der Waals surface area (Å²) in [6.07, 6.45) is 0. The minimum absolute atomic E-state index is 0.0651. The normalized spacial score (nSPS) is 11.0. The number of aromatic nitrogens is 2. The van der Waals surface area contributed by atoms with Gasteiger partial charge >= 0.3 is 0 Å². The predicted molar refractivity (Wildman–Crippen MR) is 101 cm³/mol. The van der Waals surface area contributed by atoms with Crippen LogP contribution in [-0.4, -0.2) is 27.0 Å². The summed E-state index contributed by atoms with van der Waals surface area (Å²) in [7, 11) is 0. The van der Waals surface area contributed by atoms with Crippen LogP contribution in [0.2, 0.25) is 10.0 Å². The summed E-state index contributed by atoms with van der Waals surface area (Å²) >= 11 is 12.1. The Kier molecular flexibility index (Phi) is 5.59. The number of amides is 1. The molecule has 0 saturated heterocycles. The van der Waals surface area contributed by atoms with Gasteiger partial charge in [0.25, 0.3) is 5.91 Å². The van der Waals surface area contributed by atoms with E-state index in [9.17, 15) is 4.79 Å². The summed E-state index contributed by atoms with van der Waals surface area (Å²) in [6.45, 7) is 4.04. The highest BCUT2D eigenvalue weighted by Gasteiger charge is 2.23. The molecule has 1 aromatic heterocycles. The number of nitrogens with zero attached hydrogens (tertiary/aromatic N) is 3. The molecule has 26 heavy (non-hydrogen) atoms.